The summed E-state index contributed by atoms with van der Waals surface area (Å²) < 4.78 is 5.67. The third-order valence-corrected chi connectivity index (χ3v) is 5.15. The lowest BCUT2D eigenvalue weighted by Crippen LogP contribution is -2.54. The maximum Gasteiger partial charge on any atom is 0.270 e. The minimum Gasteiger partial charge on any atom is -0.504 e. The molecule has 1 heterocycles. The van der Waals surface area contributed by atoms with Crippen molar-refractivity contribution in [2.24, 2.45) is 0 Å². The number of para-hydroxylation sites is 1. The largest absolute Gasteiger partial charge is 0.504 e. The average Bonchev–Trinajstić information content (AvgIpc) is 2.62. The number of ether oxygens (including phenoxy) is 1. The Morgan fingerprint density at radius 3 is 2.63 bits per heavy atom. The van der Waals surface area contributed by atoms with Crippen LogP contribution in [-0.4, -0.2) is 29.1 Å². The van der Waals surface area contributed by atoms with Crippen molar-refractivity contribution in [3.05, 3.63) is 56.7 Å². The number of carbonyl (C=O) groups is 2. The van der Waals surface area contributed by atoms with Gasteiger partial charge in [-0.05, 0) is 77.1 Å². The number of nitrogens with zero attached hydrogens (tertiary/aromatic N) is 1. The van der Waals surface area contributed by atoms with Crippen LogP contribution in [0.15, 0.2) is 42.0 Å². The molecule has 0 bridgehead atoms. The third-order valence-electron chi connectivity index (χ3n) is 4.04. The van der Waals surface area contributed by atoms with E-state index in [1.165, 1.54) is 18.1 Å². The second kappa shape index (κ2) is 7.65. The smallest absolute Gasteiger partial charge is 0.270 e. The molecule has 0 atom stereocenters. The maximum atomic E-state index is 13.0. The van der Waals surface area contributed by atoms with Gasteiger partial charge in [-0.1, -0.05) is 18.2 Å². The predicted molar refractivity (Wildman–Crippen MR) is 115 cm³/mol. The van der Waals surface area contributed by atoms with Gasteiger partial charge in [-0.15, -0.1) is 0 Å². The van der Waals surface area contributed by atoms with Crippen LogP contribution >= 0.6 is 34.8 Å². The topological polar surface area (TPSA) is 78.9 Å². The number of phenols is 1. The fraction of sp³-hybridized carbons (Fsp3) is 0.105. The molecule has 138 valence electrons. The van der Waals surface area contributed by atoms with E-state index < -0.39 is 11.8 Å². The lowest BCUT2D eigenvalue weighted by atomic mass is 10.1. The van der Waals surface area contributed by atoms with E-state index in [9.17, 15) is 14.7 Å². The third kappa shape index (κ3) is 3.67. The first kappa shape index (κ1) is 19.3. The van der Waals surface area contributed by atoms with E-state index in [1.54, 1.807) is 24.3 Å². The van der Waals surface area contributed by atoms with Crippen molar-refractivity contribution < 1.29 is 19.4 Å². The molecule has 0 aliphatic carbocycles. The van der Waals surface area contributed by atoms with Crippen molar-refractivity contribution >= 4 is 63.5 Å². The molecule has 0 saturated carbocycles. The minimum absolute atomic E-state index is 0.00221. The first-order chi connectivity index (χ1) is 12.8. The zero-order chi connectivity index (χ0) is 19.7. The molecule has 6 nitrogen and oxygen atoms in total. The molecular formula is C19H15IN2O4S. The van der Waals surface area contributed by atoms with E-state index in [4.69, 9.17) is 17.0 Å². The van der Waals surface area contributed by atoms with E-state index in [0.717, 1.165) is 5.56 Å². The maximum absolute atomic E-state index is 13.0. The quantitative estimate of drug-likeness (QED) is 0.297. The monoisotopic (exact) mass is 494 g/mol. The van der Waals surface area contributed by atoms with Crippen molar-refractivity contribution in [2.75, 3.05) is 12.0 Å². The Bertz CT molecular complexity index is 1000. The molecule has 0 aromatic heterocycles. The van der Waals surface area contributed by atoms with E-state index >= 15 is 0 Å². The molecule has 1 saturated heterocycles. The first-order valence-corrected chi connectivity index (χ1v) is 9.35. The number of amides is 2. The zero-order valence-electron chi connectivity index (χ0n) is 14.4. The van der Waals surface area contributed by atoms with Crippen LogP contribution in [0.2, 0.25) is 0 Å². The second-order valence-corrected chi connectivity index (χ2v) is 7.35. The number of benzene rings is 2. The van der Waals surface area contributed by atoms with Crippen LogP contribution in [-0.2, 0) is 9.59 Å². The number of hydrogen-bond acceptors (Lipinski definition) is 5. The Morgan fingerprint density at radius 1 is 1.26 bits per heavy atom. The summed E-state index contributed by atoms with van der Waals surface area (Å²) in [6.07, 6.45) is 1.45. The van der Waals surface area contributed by atoms with Gasteiger partial charge >= 0.3 is 0 Å². The molecule has 1 aliphatic heterocycles. The standard InChI is InChI=1S/C19H15IN2O4S/c1-10-5-3-4-6-14(10)22-18(25)12(17(24)21-19(22)27)7-11-8-13(20)16(23)15(9-11)26-2/h3-9,23H,1-2H3,(H,21,24,27)/b12-7+. The number of hydrogen-bond donors (Lipinski definition) is 2. The van der Waals surface area contributed by atoms with Gasteiger partial charge in [-0.25, -0.2) is 0 Å². The molecule has 2 aromatic rings. The molecular weight excluding hydrogens is 479 g/mol. The number of thiocarbonyl (C=S) groups is 1. The highest BCUT2D eigenvalue weighted by Crippen LogP contribution is 2.33. The SMILES string of the molecule is COc1cc(/C=C2\C(=O)NC(=S)N(c3ccccc3C)C2=O)cc(I)c1O. The van der Waals surface area contributed by atoms with Crippen LogP contribution in [0, 0.1) is 10.5 Å². The van der Waals surface area contributed by atoms with Crippen LogP contribution in [0.5, 0.6) is 11.5 Å². The Hall–Kier alpha value is -2.46. The molecule has 1 aliphatic rings. The number of aryl methyl sites for hydroxylation is 1. The van der Waals surface area contributed by atoms with Gasteiger partial charge in [-0.2, -0.15) is 0 Å². The number of carbonyl (C=O) groups excluding carboxylic acids is 2. The van der Waals surface area contributed by atoms with Crippen LogP contribution in [0.3, 0.4) is 0 Å². The van der Waals surface area contributed by atoms with Crippen LogP contribution in [0.1, 0.15) is 11.1 Å². The summed E-state index contributed by atoms with van der Waals surface area (Å²) in [6, 6.07) is 10.5. The number of methoxy groups -OCH3 is 1. The summed E-state index contributed by atoms with van der Waals surface area (Å²) in [5, 5.41) is 12.6. The normalized spacial score (nSPS) is 15.9. The number of phenolic OH excluding ortho intramolecular Hbond substituents is 1. The molecule has 8 heteroatoms. The minimum atomic E-state index is -0.572. The fourth-order valence-electron chi connectivity index (χ4n) is 2.69. The van der Waals surface area contributed by atoms with Gasteiger partial charge in [0.25, 0.3) is 11.8 Å². The van der Waals surface area contributed by atoms with Crippen molar-refractivity contribution in [2.45, 2.75) is 6.92 Å². The van der Waals surface area contributed by atoms with Gasteiger partial charge in [0.2, 0.25) is 0 Å². The van der Waals surface area contributed by atoms with E-state index in [1.807, 2.05) is 41.6 Å². The highest BCUT2D eigenvalue weighted by atomic mass is 127. The summed E-state index contributed by atoms with van der Waals surface area (Å²) in [7, 11) is 1.43. The number of aromatic hydroxyl groups is 1. The molecule has 2 aromatic carbocycles. The molecule has 1 fully saturated rings. The predicted octanol–water partition coefficient (Wildman–Crippen LogP) is 3.15. The van der Waals surface area contributed by atoms with Crippen LogP contribution < -0.4 is 15.0 Å². The summed E-state index contributed by atoms with van der Waals surface area (Å²) in [4.78, 5) is 26.7. The van der Waals surface area contributed by atoms with Gasteiger partial charge < -0.3 is 9.84 Å². The Morgan fingerprint density at radius 2 is 1.96 bits per heavy atom. The lowest BCUT2D eigenvalue weighted by molar-refractivity contribution is -0.122. The van der Waals surface area contributed by atoms with E-state index in [2.05, 4.69) is 5.32 Å². The van der Waals surface area contributed by atoms with Gasteiger partial charge in [0, 0.05) is 0 Å². The zero-order valence-corrected chi connectivity index (χ0v) is 17.4. The number of nitrogens with one attached hydrogen (secondary N) is 1. The van der Waals surface area contributed by atoms with Crippen molar-refractivity contribution in [1.82, 2.24) is 5.32 Å². The average molecular weight is 494 g/mol. The molecule has 0 radical (unpaired) electrons. The van der Waals surface area contributed by atoms with E-state index in [0.29, 0.717) is 14.8 Å². The Labute approximate surface area is 175 Å². The number of anilines is 1. The molecule has 27 heavy (non-hydrogen) atoms. The summed E-state index contributed by atoms with van der Waals surface area (Å²) >= 11 is 7.16. The molecule has 2 amide bonds. The molecule has 2 N–H and O–H groups in total. The van der Waals surface area contributed by atoms with Crippen molar-refractivity contribution in [3.8, 4) is 11.5 Å². The number of rotatable bonds is 3. The Balaban J connectivity index is 2.08. The van der Waals surface area contributed by atoms with Gasteiger partial charge in [-0.3, -0.25) is 19.8 Å². The Kier molecular flexibility index (Phi) is 5.47. The molecule has 0 unspecified atom stereocenters. The highest BCUT2D eigenvalue weighted by molar-refractivity contribution is 14.1. The highest BCUT2D eigenvalue weighted by Gasteiger charge is 2.35. The van der Waals surface area contributed by atoms with Crippen molar-refractivity contribution in [1.29, 1.82) is 0 Å². The lowest BCUT2D eigenvalue weighted by Gasteiger charge is -2.30. The van der Waals surface area contributed by atoms with Crippen LogP contribution in [0.4, 0.5) is 5.69 Å². The van der Waals surface area contributed by atoms with Gasteiger partial charge in [0.1, 0.15) is 5.57 Å². The second-order valence-electron chi connectivity index (χ2n) is 5.80. The molecule has 3 rings (SSSR count). The number of halogens is 1. The summed E-state index contributed by atoms with van der Waals surface area (Å²) in [5.41, 5.74) is 1.95. The van der Waals surface area contributed by atoms with E-state index in [-0.39, 0.29) is 22.2 Å². The summed E-state index contributed by atoms with van der Waals surface area (Å²) in [5.74, 6) is -0.830. The van der Waals surface area contributed by atoms with Gasteiger partial charge in [0.15, 0.2) is 16.6 Å². The first-order valence-electron chi connectivity index (χ1n) is 7.87. The van der Waals surface area contributed by atoms with Crippen molar-refractivity contribution in [3.63, 3.8) is 0 Å². The summed E-state index contributed by atoms with van der Waals surface area (Å²) in [6.45, 7) is 1.86. The van der Waals surface area contributed by atoms with Crippen LogP contribution in [0.25, 0.3) is 6.08 Å². The van der Waals surface area contributed by atoms with Gasteiger partial charge in [0.05, 0.1) is 16.4 Å². The molecule has 0 spiro atoms. The fourth-order valence-corrected chi connectivity index (χ4v) is 3.59.